The fourth-order valence-corrected chi connectivity index (χ4v) is 4.47. The lowest BCUT2D eigenvalue weighted by molar-refractivity contribution is -0.0772. The van der Waals surface area contributed by atoms with E-state index in [-0.39, 0.29) is 24.2 Å². The summed E-state index contributed by atoms with van der Waals surface area (Å²) in [5, 5.41) is 14.2. The molecule has 29 heavy (non-hydrogen) atoms. The third kappa shape index (κ3) is 4.37. The quantitative estimate of drug-likeness (QED) is 0.850. The molecule has 156 valence electrons. The third-order valence-electron chi connectivity index (χ3n) is 5.97. The number of rotatable bonds is 4. The first-order valence-corrected chi connectivity index (χ1v) is 10.4. The van der Waals surface area contributed by atoms with Crippen molar-refractivity contribution in [3.05, 3.63) is 53.3 Å². The zero-order valence-electron chi connectivity index (χ0n) is 17.2. The summed E-state index contributed by atoms with van der Waals surface area (Å²) < 4.78 is 7.87. The Bertz CT molecular complexity index is 830. The number of aliphatic hydroxyl groups is 1. The lowest BCUT2D eigenvalue weighted by Crippen LogP contribution is -2.53. The van der Waals surface area contributed by atoms with Crippen LogP contribution in [0.15, 0.2) is 36.4 Å². The van der Waals surface area contributed by atoms with Crippen molar-refractivity contribution in [3.8, 4) is 0 Å². The summed E-state index contributed by atoms with van der Waals surface area (Å²) in [7, 11) is 1.81. The maximum absolute atomic E-state index is 13.5. The van der Waals surface area contributed by atoms with Crippen LogP contribution in [0.5, 0.6) is 0 Å². The van der Waals surface area contributed by atoms with Gasteiger partial charge in [-0.25, -0.2) is 0 Å². The van der Waals surface area contributed by atoms with Crippen LogP contribution >= 0.6 is 0 Å². The molecule has 2 fully saturated rings. The first kappa shape index (κ1) is 20.1. The number of aromatic nitrogens is 2. The van der Waals surface area contributed by atoms with Gasteiger partial charge < -0.3 is 19.6 Å². The van der Waals surface area contributed by atoms with E-state index in [1.807, 2.05) is 43.1 Å². The van der Waals surface area contributed by atoms with Gasteiger partial charge >= 0.3 is 0 Å². The highest BCUT2D eigenvalue weighted by Crippen LogP contribution is 2.32. The number of carbonyl (C=O) groups is 1. The smallest absolute Gasteiger partial charge is 0.272 e. The van der Waals surface area contributed by atoms with Crippen molar-refractivity contribution >= 4 is 5.91 Å². The van der Waals surface area contributed by atoms with Crippen molar-refractivity contribution in [1.29, 1.82) is 0 Å². The molecule has 3 heterocycles. The van der Waals surface area contributed by atoms with Gasteiger partial charge in [0.1, 0.15) is 5.69 Å². The number of ether oxygens (including phenoxy) is 1. The predicted molar refractivity (Wildman–Crippen MR) is 110 cm³/mol. The number of aliphatic hydroxyl groups excluding tert-OH is 1. The van der Waals surface area contributed by atoms with Crippen LogP contribution in [0, 0.1) is 6.92 Å². The van der Waals surface area contributed by atoms with Gasteiger partial charge in [-0.1, -0.05) is 30.3 Å². The molecular formula is C22H30N4O3. The van der Waals surface area contributed by atoms with Crippen LogP contribution in [0.2, 0.25) is 0 Å². The molecule has 2 aromatic rings. The van der Waals surface area contributed by atoms with E-state index in [1.165, 1.54) is 0 Å². The second-order valence-electron chi connectivity index (χ2n) is 8.09. The lowest BCUT2D eigenvalue weighted by Gasteiger charge is -2.43. The van der Waals surface area contributed by atoms with E-state index in [0.717, 1.165) is 43.7 Å². The van der Waals surface area contributed by atoms with Gasteiger partial charge in [0, 0.05) is 33.2 Å². The molecule has 0 aliphatic carbocycles. The first-order valence-electron chi connectivity index (χ1n) is 10.4. The highest BCUT2D eigenvalue weighted by molar-refractivity contribution is 5.93. The minimum atomic E-state index is -0.199. The summed E-state index contributed by atoms with van der Waals surface area (Å²) in [6, 6.07) is 11.8. The topological polar surface area (TPSA) is 70.8 Å². The molecule has 1 aromatic heterocycles. The number of carbonyl (C=O) groups excluding carboxylic acids is 1. The maximum Gasteiger partial charge on any atom is 0.272 e. The van der Waals surface area contributed by atoms with E-state index >= 15 is 0 Å². The summed E-state index contributed by atoms with van der Waals surface area (Å²) in [6.45, 7) is 5.44. The molecule has 2 saturated heterocycles. The molecule has 0 spiro atoms. The number of amides is 1. The Morgan fingerprint density at radius 2 is 1.93 bits per heavy atom. The van der Waals surface area contributed by atoms with E-state index in [4.69, 9.17) is 4.74 Å². The summed E-state index contributed by atoms with van der Waals surface area (Å²) in [6.07, 6.45) is 1.27. The molecule has 2 aliphatic rings. The van der Waals surface area contributed by atoms with E-state index < -0.39 is 0 Å². The first-order chi connectivity index (χ1) is 14.0. The van der Waals surface area contributed by atoms with Crippen LogP contribution in [0.1, 0.15) is 40.6 Å². The summed E-state index contributed by atoms with van der Waals surface area (Å²) in [4.78, 5) is 17.7. The SMILES string of the molecule is Cc1cc(C(=O)N2CCO[C@@H](CN3CCC(O)CC3)[C@@H]2c2ccccc2)n(C)n1. The van der Waals surface area contributed by atoms with Crippen molar-refractivity contribution < 1.29 is 14.6 Å². The van der Waals surface area contributed by atoms with Crippen molar-refractivity contribution in [2.24, 2.45) is 7.05 Å². The fraction of sp³-hybridized carbons (Fsp3) is 0.545. The molecule has 0 unspecified atom stereocenters. The van der Waals surface area contributed by atoms with Crippen molar-refractivity contribution in [3.63, 3.8) is 0 Å². The number of benzene rings is 1. The van der Waals surface area contributed by atoms with E-state index in [0.29, 0.717) is 18.8 Å². The molecule has 1 N–H and O–H groups in total. The standard InChI is InChI=1S/C22H30N4O3/c1-16-14-19(24(2)23-16)22(28)26-12-13-29-20(15-25-10-8-18(27)9-11-25)21(26)17-6-4-3-5-7-17/h3-7,14,18,20-21,27H,8-13,15H2,1-2H3/t20-,21-/m0/s1. The molecule has 7 nitrogen and oxygen atoms in total. The van der Waals surface area contributed by atoms with Crippen LogP contribution in [0.4, 0.5) is 0 Å². The molecule has 7 heteroatoms. The number of hydrogen-bond acceptors (Lipinski definition) is 5. The summed E-state index contributed by atoms with van der Waals surface area (Å²) >= 11 is 0. The Hall–Kier alpha value is -2.22. The molecular weight excluding hydrogens is 368 g/mol. The molecule has 2 atom stereocenters. The van der Waals surface area contributed by atoms with Crippen LogP contribution in [0.25, 0.3) is 0 Å². The number of piperidine rings is 1. The molecule has 1 amide bonds. The molecule has 2 aliphatic heterocycles. The zero-order valence-corrected chi connectivity index (χ0v) is 17.2. The van der Waals surface area contributed by atoms with Gasteiger partial charge in [-0.05, 0) is 31.4 Å². The molecule has 0 saturated carbocycles. The third-order valence-corrected chi connectivity index (χ3v) is 5.97. The number of hydrogen-bond donors (Lipinski definition) is 1. The Morgan fingerprint density at radius 1 is 1.21 bits per heavy atom. The van der Waals surface area contributed by atoms with Crippen molar-refractivity contribution in [2.45, 2.75) is 38.0 Å². The normalized spacial score (nSPS) is 24.0. The van der Waals surface area contributed by atoms with Gasteiger partial charge in [-0.15, -0.1) is 0 Å². The van der Waals surface area contributed by atoms with E-state index in [2.05, 4.69) is 22.1 Å². The minimum Gasteiger partial charge on any atom is -0.393 e. The number of aryl methyl sites for hydroxylation is 2. The fourth-order valence-electron chi connectivity index (χ4n) is 4.47. The summed E-state index contributed by atoms with van der Waals surface area (Å²) in [5.41, 5.74) is 2.52. The Morgan fingerprint density at radius 3 is 2.59 bits per heavy atom. The molecule has 1 aromatic carbocycles. The molecule has 0 bridgehead atoms. The average molecular weight is 399 g/mol. The molecule has 0 radical (unpaired) electrons. The second kappa shape index (κ2) is 8.65. The zero-order chi connectivity index (χ0) is 20.4. The number of likely N-dealkylation sites (tertiary alicyclic amines) is 1. The van der Waals surface area contributed by atoms with Gasteiger partial charge in [-0.3, -0.25) is 9.48 Å². The lowest BCUT2D eigenvalue weighted by atomic mass is 9.96. The largest absolute Gasteiger partial charge is 0.393 e. The Labute approximate surface area is 171 Å². The van der Waals surface area contributed by atoms with E-state index in [1.54, 1.807) is 4.68 Å². The van der Waals surface area contributed by atoms with Gasteiger partial charge in [0.15, 0.2) is 0 Å². The van der Waals surface area contributed by atoms with Crippen molar-refractivity contribution in [2.75, 3.05) is 32.8 Å². The average Bonchev–Trinajstić information content (AvgIpc) is 3.07. The Kier molecular flexibility index (Phi) is 5.99. The summed E-state index contributed by atoms with van der Waals surface area (Å²) in [5.74, 6) is -0.00989. The highest BCUT2D eigenvalue weighted by atomic mass is 16.5. The molecule has 4 rings (SSSR count). The number of morpholine rings is 1. The predicted octanol–water partition coefficient (Wildman–Crippen LogP) is 1.77. The van der Waals surface area contributed by atoms with Gasteiger partial charge in [0.05, 0.1) is 30.6 Å². The van der Waals surface area contributed by atoms with Gasteiger partial charge in [-0.2, -0.15) is 5.10 Å². The second-order valence-corrected chi connectivity index (χ2v) is 8.09. The van der Waals surface area contributed by atoms with Gasteiger partial charge in [0.25, 0.3) is 5.91 Å². The minimum absolute atomic E-state index is 0.00989. The van der Waals surface area contributed by atoms with Crippen LogP contribution in [0.3, 0.4) is 0 Å². The monoisotopic (exact) mass is 398 g/mol. The highest BCUT2D eigenvalue weighted by Gasteiger charge is 2.38. The van der Waals surface area contributed by atoms with E-state index in [9.17, 15) is 9.90 Å². The Balaban J connectivity index is 1.61. The maximum atomic E-state index is 13.5. The van der Waals surface area contributed by atoms with Crippen molar-refractivity contribution in [1.82, 2.24) is 19.6 Å². The van der Waals surface area contributed by atoms with Gasteiger partial charge in [0.2, 0.25) is 0 Å². The van der Waals surface area contributed by atoms with Crippen LogP contribution in [-0.4, -0.2) is 75.6 Å². The number of nitrogens with zero attached hydrogens (tertiary/aromatic N) is 4. The van der Waals surface area contributed by atoms with Crippen LogP contribution in [-0.2, 0) is 11.8 Å². The van der Waals surface area contributed by atoms with Crippen LogP contribution < -0.4 is 0 Å².